The molecule has 1 aromatic rings. The summed E-state index contributed by atoms with van der Waals surface area (Å²) in [6.07, 6.45) is 1.75. The summed E-state index contributed by atoms with van der Waals surface area (Å²) in [4.78, 5) is 22.7. The molecule has 0 saturated heterocycles. The number of ether oxygens (including phenoxy) is 1. The summed E-state index contributed by atoms with van der Waals surface area (Å²) in [6, 6.07) is 4.43. The summed E-state index contributed by atoms with van der Waals surface area (Å²) in [5.41, 5.74) is 5.62. The second-order valence-electron chi connectivity index (χ2n) is 4.01. The number of hydrogen-bond donors (Lipinski definition) is 3. The van der Waals surface area contributed by atoms with E-state index in [2.05, 4.69) is 5.32 Å². The molecule has 0 fully saturated rings. The zero-order valence-electron chi connectivity index (χ0n) is 10.8. The van der Waals surface area contributed by atoms with Crippen molar-refractivity contribution in [1.29, 1.82) is 0 Å². The highest BCUT2D eigenvalue weighted by Gasteiger charge is 2.13. The summed E-state index contributed by atoms with van der Waals surface area (Å²) in [5, 5.41) is 11.6. The van der Waals surface area contributed by atoms with Gasteiger partial charge in [0.2, 0.25) is 5.91 Å². The van der Waals surface area contributed by atoms with Crippen LogP contribution in [-0.4, -0.2) is 30.6 Å². The minimum atomic E-state index is -1.10. The highest BCUT2D eigenvalue weighted by Crippen LogP contribution is 2.22. The summed E-state index contributed by atoms with van der Waals surface area (Å²) in [5.74, 6) is -0.841. The number of methoxy groups -OCH3 is 1. The number of carboxylic acid groups (broad SMARTS) is 1. The molecule has 0 aliphatic rings. The molecule has 1 aromatic carbocycles. The average molecular weight is 266 g/mol. The van der Waals surface area contributed by atoms with Crippen molar-refractivity contribution < 1.29 is 19.4 Å². The molecular formula is C13H18N2O4. The number of nitrogens with one attached hydrogen (secondary N) is 1. The zero-order valence-corrected chi connectivity index (χ0v) is 10.8. The van der Waals surface area contributed by atoms with Gasteiger partial charge in [-0.25, -0.2) is 4.79 Å². The Kier molecular flexibility index (Phi) is 5.81. The first-order valence-electron chi connectivity index (χ1n) is 5.99. The predicted molar refractivity (Wildman–Crippen MR) is 71.5 cm³/mol. The first kappa shape index (κ1) is 15.0. The van der Waals surface area contributed by atoms with Crippen molar-refractivity contribution in [1.82, 2.24) is 0 Å². The minimum Gasteiger partial charge on any atom is -0.497 e. The minimum absolute atomic E-state index is 0.0352. The number of amides is 1. The Labute approximate surface area is 111 Å². The van der Waals surface area contributed by atoms with Crippen molar-refractivity contribution in [2.24, 2.45) is 5.73 Å². The van der Waals surface area contributed by atoms with E-state index in [0.717, 1.165) is 6.42 Å². The predicted octanol–water partition coefficient (Wildman–Crippen LogP) is 1.46. The number of carbonyl (C=O) groups excluding carboxylic acids is 1. The summed E-state index contributed by atoms with van der Waals surface area (Å²) >= 11 is 0. The van der Waals surface area contributed by atoms with Crippen LogP contribution >= 0.6 is 0 Å². The third-order valence-electron chi connectivity index (χ3n) is 2.59. The number of nitrogens with two attached hydrogens (primary N) is 1. The van der Waals surface area contributed by atoms with E-state index >= 15 is 0 Å². The molecule has 6 heteroatoms. The van der Waals surface area contributed by atoms with Crippen LogP contribution < -0.4 is 15.8 Å². The topological polar surface area (TPSA) is 102 Å². The number of hydrogen-bond acceptors (Lipinski definition) is 4. The van der Waals surface area contributed by atoms with Crippen molar-refractivity contribution in [2.75, 3.05) is 19.0 Å². The fourth-order valence-corrected chi connectivity index (χ4v) is 1.58. The van der Waals surface area contributed by atoms with E-state index in [9.17, 15) is 9.59 Å². The fourth-order valence-electron chi connectivity index (χ4n) is 1.58. The van der Waals surface area contributed by atoms with Gasteiger partial charge < -0.3 is 20.9 Å². The monoisotopic (exact) mass is 266 g/mol. The van der Waals surface area contributed by atoms with Gasteiger partial charge in [-0.2, -0.15) is 0 Å². The molecular weight excluding hydrogens is 248 g/mol. The highest BCUT2D eigenvalue weighted by atomic mass is 16.5. The lowest BCUT2D eigenvalue weighted by atomic mass is 10.1. The number of anilines is 1. The Morgan fingerprint density at radius 1 is 1.37 bits per heavy atom. The Hall–Kier alpha value is -2.08. The third kappa shape index (κ3) is 4.59. The van der Waals surface area contributed by atoms with Gasteiger partial charge in [0.1, 0.15) is 5.75 Å². The standard InChI is InChI=1S/C13H18N2O4/c1-19-9-5-6-10(13(17)18)11(8-9)15-12(16)4-2-3-7-14/h5-6,8H,2-4,7,14H2,1H3,(H,15,16)(H,17,18). The van der Waals surface area contributed by atoms with Crippen LogP contribution in [0, 0.1) is 0 Å². The van der Waals surface area contributed by atoms with Gasteiger partial charge in [0.15, 0.2) is 0 Å². The van der Waals surface area contributed by atoms with Gasteiger partial charge >= 0.3 is 5.97 Å². The Morgan fingerprint density at radius 2 is 2.11 bits per heavy atom. The van der Waals surface area contributed by atoms with Crippen molar-refractivity contribution in [3.63, 3.8) is 0 Å². The lowest BCUT2D eigenvalue weighted by Gasteiger charge is -2.10. The fraction of sp³-hybridized carbons (Fsp3) is 0.385. The number of carbonyl (C=O) groups is 2. The summed E-state index contributed by atoms with van der Waals surface area (Å²) in [6.45, 7) is 0.535. The Bertz CT molecular complexity index is 460. The van der Waals surface area contributed by atoms with E-state index in [1.807, 2.05) is 0 Å². The van der Waals surface area contributed by atoms with E-state index < -0.39 is 5.97 Å². The molecule has 1 amide bonds. The average Bonchev–Trinajstić information content (AvgIpc) is 2.38. The van der Waals surface area contributed by atoms with E-state index in [1.54, 1.807) is 0 Å². The number of unbranched alkanes of at least 4 members (excludes halogenated alkanes) is 1. The molecule has 6 nitrogen and oxygen atoms in total. The maximum atomic E-state index is 11.7. The van der Waals surface area contributed by atoms with Crippen LogP contribution in [0.1, 0.15) is 29.6 Å². The lowest BCUT2D eigenvalue weighted by Crippen LogP contribution is -2.15. The van der Waals surface area contributed by atoms with Gasteiger partial charge in [0.05, 0.1) is 18.4 Å². The number of benzene rings is 1. The second-order valence-corrected chi connectivity index (χ2v) is 4.01. The van der Waals surface area contributed by atoms with Gasteiger partial charge in [-0.05, 0) is 31.5 Å². The molecule has 0 aromatic heterocycles. The number of rotatable bonds is 7. The Balaban J connectivity index is 2.79. The van der Waals surface area contributed by atoms with E-state index in [1.165, 1.54) is 25.3 Å². The molecule has 0 heterocycles. The third-order valence-corrected chi connectivity index (χ3v) is 2.59. The zero-order chi connectivity index (χ0) is 14.3. The molecule has 0 aliphatic carbocycles. The molecule has 19 heavy (non-hydrogen) atoms. The highest BCUT2D eigenvalue weighted by molar-refractivity contribution is 6.00. The molecule has 104 valence electrons. The van der Waals surface area contributed by atoms with Crippen molar-refractivity contribution in [3.05, 3.63) is 23.8 Å². The van der Waals surface area contributed by atoms with E-state index in [4.69, 9.17) is 15.6 Å². The van der Waals surface area contributed by atoms with E-state index in [-0.39, 0.29) is 17.2 Å². The van der Waals surface area contributed by atoms with Gasteiger partial charge in [-0.1, -0.05) is 0 Å². The van der Waals surface area contributed by atoms with Crippen LogP contribution in [0.5, 0.6) is 5.75 Å². The smallest absolute Gasteiger partial charge is 0.337 e. The Morgan fingerprint density at radius 3 is 2.68 bits per heavy atom. The van der Waals surface area contributed by atoms with Gasteiger partial charge in [0, 0.05) is 12.5 Å². The molecule has 0 aliphatic heterocycles. The van der Waals surface area contributed by atoms with Gasteiger partial charge in [0.25, 0.3) is 0 Å². The van der Waals surface area contributed by atoms with Crippen LogP contribution in [0.25, 0.3) is 0 Å². The van der Waals surface area contributed by atoms with E-state index in [0.29, 0.717) is 25.1 Å². The van der Waals surface area contributed by atoms with Crippen LogP contribution in [0.2, 0.25) is 0 Å². The quantitative estimate of drug-likeness (QED) is 0.648. The number of carboxylic acids is 1. The molecule has 4 N–H and O–H groups in total. The van der Waals surface area contributed by atoms with Crippen LogP contribution in [0.3, 0.4) is 0 Å². The summed E-state index contributed by atoms with van der Waals surface area (Å²) in [7, 11) is 1.47. The first-order chi connectivity index (χ1) is 9.08. The number of aromatic carboxylic acids is 1. The van der Waals surface area contributed by atoms with Crippen molar-refractivity contribution in [3.8, 4) is 5.75 Å². The molecule has 0 atom stereocenters. The van der Waals surface area contributed by atoms with Crippen LogP contribution in [0.15, 0.2) is 18.2 Å². The van der Waals surface area contributed by atoms with Crippen LogP contribution in [-0.2, 0) is 4.79 Å². The van der Waals surface area contributed by atoms with Gasteiger partial charge in [-0.3, -0.25) is 4.79 Å². The summed E-state index contributed by atoms with van der Waals surface area (Å²) < 4.78 is 5.01. The van der Waals surface area contributed by atoms with Crippen molar-refractivity contribution >= 4 is 17.6 Å². The second kappa shape index (κ2) is 7.38. The SMILES string of the molecule is COc1ccc(C(=O)O)c(NC(=O)CCCCN)c1. The van der Waals surface area contributed by atoms with Crippen LogP contribution in [0.4, 0.5) is 5.69 Å². The normalized spacial score (nSPS) is 10.0. The van der Waals surface area contributed by atoms with Gasteiger partial charge in [-0.15, -0.1) is 0 Å². The molecule has 0 spiro atoms. The molecule has 0 radical (unpaired) electrons. The van der Waals surface area contributed by atoms with Crippen molar-refractivity contribution in [2.45, 2.75) is 19.3 Å². The first-order valence-corrected chi connectivity index (χ1v) is 5.99. The molecule has 0 saturated carbocycles. The molecule has 0 unspecified atom stereocenters. The molecule has 1 rings (SSSR count). The maximum absolute atomic E-state index is 11.7. The maximum Gasteiger partial charge on any atom is 0.337 e. The largest absolute Gasteiger partial charge is 0.497 e. The molecule has 0 bridgehead atoms. The lowest BCUT2D eigenvalue weighted by molar-refractivity contribution is -0.116.